The summed E-state index contributed by atoms with van der Waals surface area (Å²) in [4.78, 5) is 14.7. The summed E-state index contributed by atoms with van der Waals surface area (Å²) < 4.78 is 31.6. The van der Waals surface area contributed by atoms with Gasteiger partial charge in [0.15, 0.2) is 23.1 Å². The predicted octanol–water partition coefficient (Wildman–Crippen LogP) is 4.00. The van der Waals surface area contributed by atoms with Crippen LogP contribution in [0.2, 0.25) is 0 Å². The van der Waals surface area contributed by atoms with Crippen LogP contribution < -0.4 is 15.4 Å². The van der Waals surface area contributed by atoms with E-state index in [0.717, 1.165) is 49.9 Å². The molecule has 2 aromatic carbocycles. The summed E-state index contributed by atoms with van der Waals surface area (Å²) in [7, 11) is 3.61. The fourth-order valence-corrected chi connectivity index (χ4v) is 5.17. The Morgan fingerprint density at radius 1 is 1.19 bits per heavy atom. The van der Waals surface area contributed by atoms with Gasteiger partial charge in [-0.2, -0.15) is 0 Å². The lowest BCUT2D eigenvalue weighted by atomic mass is 9.65. The zero-order valence-electron chi connectivity index (χ0n) is 17.6. The molecule has 8 heteroatoms. The average molecular weight is 431 g/mol. The molecule has 0 radical (unpaired) electrons. The number of methoxy groups -OCH3 is 1. The minimum absolute atomic E-state index is 0.0455. The van der Waals surface area contributed by atoms with Crippen LogP contribution in [0.25, 0.3) is 0 Å². The molecule has 2 fully saturated rings. The Labute approximate surface area is 180 Å². The molecule has 0 spiro atoms. The minimum atomic E-state index is -1.00. The number of rotatable bonds is 4. The third-order valence-electron chi connectivity index (χ3n) is 6.79. The monoisotopic (exact) mass is 431 g/mol. The van der Waals surface area contributed by atoms with Crippen molar-refractivity contribution in [2.75, 3.05) is 26.0 Å². The third-order valence-corrected chi connectivity index (χ3v) is 6.79. The van der Waals surface area contributed by atoms with Crippen molar-refractivity contribution < 1.29 is 23.4 Å². The maximum atomic E-state index is 13.4. The molecule has 2 aromatic rings. The quantitative estimate of drug-likeness (QED) is 0.684. The summed E-state index contributed by atoms with van der Waals surface area (Å²) >= 11 is 0. The van der Waals surface area contributed by atoms with Gasteiger partial charge in [-0.15, -0.1) is 0 Å². The Kier molecular flexibility index (Phi) is 5.75. The molecule has 1 saturated carbocycles. The highest BCUT2D eigenvalue weighted by Crippen LogP contribution is 2.49. The van der Waals surface area contributed by atoms with Gasteiger partial charge in [-0.05, 0) is 69.1 Å². The maximum absolute atomic E-state index is 13.4. The number of urea groups is 1. The number of fused-ring (bicyclic) bond motifs is 1. The normalized spacial score (nSPS) is 25.7. The van der Waals surface area contributed by atoms with E-state index in [0.29, 0.717) is 5.75 Å². The average Bonchev–Trinajstić information content (AvgIpc) is 3.08. The van der Waals surface area contributed by atoms with E-state index in [2.05, 4.69) is 22.6 Å². The Morgan fingerprint density at radius 3 is 2.71 bits per heavy atom. The standard InChI is InChI=1S/C23H27F2N3O3/c1-28-10-9-23(14-3-6-20(31-2)19(29)11-14)8-7-16(13-21(23)28)27-22(30)26-15-4-5-17(24)18(25)12-15/h3-6,11-12,16,21,29H,7-10,13H2,1-2H3,(H2,26,27,30). The number of ether oxygens (including phenoxy) is 1. The molecular formula is C23H27F2N3O3. The number of anilines is 1. The molecule has 3 N–H and O–H groups in total. The van der Waals surface area contributed by atoms with Crippen molar-refractivity contribution in [2.45, 2.75) is 43.2 Å². The van der Waals surface area contributed by atoms with Gasteiger partial charge >= 0.3 is 6.03 Å². The van der Waals surface area contributed by atoms with Crippen LogP contribution >= 0.6 is 0 Å². The summed E-state index contributed by atoms with van der Waals surface area (Å²) in [5.74, 6) is -1.37. The van der Waals surface area contributed by atoms with E-state index >= 15 is 0 Å². The number of amides is 2. The predicted molar refractivity (Wildman–Crippen MR) is 114 cm³/mol. The molecule has 4 rings (SSSR count). The fraction of sp³-hybridized carbons (Fsp3) is 0.435. The van der Waals surface area contributed by atoms with Gasteiger partial charge in [0, 0.05) is 29.3 Å². The van der Waals surface area contributed by atoms with Crippen LogP contribution in [0.1, 0.15) is 31.2 Å². The number of nitrogens with one attached hydrogen (secondary N) is 2. The van der Waals surface area contributed by atoms with Crippen molar-refractivity contribution in [2.24, 2.45) is 0 Å². The second-order valence-corrected chi connectivity index (χ2v) is 8.49. The molecule has 1 aliphatic carbocycles. The SMILES string of the molecule is COc1ccc(C23CCC(NC(=O)Nc4ccc(F)c(F)c4)CC2N(C)CC3)cc1O. The number of carbonyl (C=O) groups is 1. The number of halogens is 2. The van der Waals surface area contributed by atoms with Gasteiger partial charge in [0.25, 0.3) is 0 Å². The number of benzene rings is 2. The molecule has 166 valence electrons. The Bertz CT molecular complexity index is 987. The van der Waals surface area contributed by atoms with E-state index in [4.69, 9.17) is 4.74 Å². The molecule has 3 atom stereocenters. The van der Waals surface area contributed by atoms with E-state index in [1.165, 1.54) is 13.2 Å². The topological polar surface area (TPSA) is 73.8 Å². The smallest absolute Gasteiger partial charge is 0.319 e. The zero-order chi connectivity index (χ0) is 22.2. The van der Waals surface area contributed by atoms with Crippen LogP contribution in [0.3, 0.4) is 0 Å². The Hall–Kier alpha value is -2.87. The second kappa shape index (κ2) is 8.34. The largest absolute Gasteiger partial charge is 0.504 e. The molecule has 3 unspecified atom stereocenters. The zero-order valence-corrected chi connectivity index (χ0v) is 17.6. The molecule has 31 heavy (non-hydrogen) atoms. The van der Waals surface area contributed by atoms with E-state index < -0.39 is 17.7 Å². The van der Waals surface area contributed by atoms with Gasteiger partial charge in [0.2, 0.25) is 0 Å². The van der Waals surface area contributed by atoms with Crippen LogP contribution in [0, 0.1) is 11.6 Å². The van der Waals surface area contributed by atoms with Gasteiger partial charge in [-0.3, -0.25) is 0 Å². The summed E-state index contributed by atoms with van der Waals surface area (Å²) in [5, 5.41) is 15.8. The van der Waals surface area contributed by atoms with Crippen molar-refractivity contribution in [1.82, 2.24) is 10.2 Å². The Morgan fingerprint density at radius 2 is 2.00 bits per heavy atom. The minimum Gasteiger partial charge on any atom is -0.504 e. The number of nitrogens with zero attached hydrogens (tertiary/aromatic N) is 1. The maximum Gasteiger partial charge on any atom is 0.319 e. The van der Waals surface area contributed by atoms with Crippen LogP contribution in [0.15, 0.2) is 36.4 Å². The summed E-state index contributed by atoms with van der Waals surface area (Å²) in [6.45, 7) is 0.936. The molecular weight excluding hydrogens is 404 g/mol. The van der Waals surface area contributed by atoms with Crippen molar-refractivity contribution in [1.29, 1.82) is 0 Å². The van der Waals surface area contributed by atoms with Gasteiger partial charge in [0.05, 0.1) is 7.11 Å². The Balaban J connectivity index is 1.46. The van der Waals surface area contributed by atoms with Crippen molar-refractivity contribution >= 4 is 11.7 Å². The highest BCUT2D eigenvalue weighted by molar-refractivity contribution is 5.89. The first-order valence-corrected chi connectivity index (χ1v) is 10.4. The van der Waals surface area contributed by atoms with Crippen LogP contribution in [0.4, 0.5) is 19.3 Å². The van der Waals surface area contributed by atoms with Gasteiger partial charge in [0.1, 0.15) is 0 Å². The van der Waals surface area contributed by atoms with Gasteiger partial charge in [-0.25, -0.2) is 13.6 Å². The lowest BCUT2D eigenvalue weighted by Gasteiger charge is -2.44. The summed E-state index contributed by atoms with van der Waals surface area (Å²) in [6, 6.07) is 8.62. The van der Waals surface area contributed by atoms with E-state index in [-0.39, 0.29) is 28.9 Å². The highest BCUT2D eigenvalue weighted by Gasteiger charge is 2.50. The molecule has 1 saturated heterocycles. The molecule has 2 aliphatic rings. The van der Waals surface area contributed by atoms with Crippen LogP contribution in [-0.2, 0) is 5.41 Å². The number of phenolic OH excluding ortho intramolecular Hbond substituents is 1. The number of phenols is 1. The summed E-state index contributed by atoms with van der Waals surface area (Å²) in [5.41, 5.74) is 1.20. The van der Waals surface area contributed by atoms with Crippen molar-refractivity contribution in [3.8, 4) is 11.5 Å². The number of hydrogen-bond donors (Lipinski definition) is 3. The number of likely N-dealkylation sites (N-methyl/N-ethyl adjacent to an activating group) is 1. The lowest BCUT2D eigenvalue weighted by Crippen LogP contribution is -2.52. The number of carbonyl (C=O) groups excluding carboxylic acids is 1. The van der Waals surface area contributed by atoms with Gasteiger partial charge < -0.3 is 25.4 Å². The number of hydrogen-bond acceptors (Lipinski definition) is 4. The fourth-order valence-electron chi connectivity index (χ4n) is 5.17. The van der Waals surface area contributed by atoms with Crippen molar-refractivity contribution in [3.63, 3.8) is 0 Å². The molecule has 0 bridgehead atoms. The third kappa shape index (κ3) is 4.04. The van der Waals surface area contributed by atoms with E-state index in [1.54, 1.807) is 12.1 Å². The van der Waals surface area contributed by atoms with E-state index in [1.807, 2.05) is 6.07 Å². The molecule has 1 aliphatic heterocycles. The van der Waals surface area contributed by atoms with Crippen LogP contribution in [-0.4, -0.2) is 48.8 Å². The molecule has 6 nitrogen and oxygen atoms in total. The van der Waals surface area contributed by atoms with E-state index in [9.17, 15) is 18.7 Å². The first-order chi connectivity index (χ1) is 14.8. The first kappa shape index (κ1) is 21.4. The summed E-state index contributed by atoms with van der Waals surface area (Å²) in [6.07, 6.45) is 3.38. The lowest BCUT2D eigenvalue weighted by molar-refractivity contribution is 0.156. The second-order valence-electron chi connectivity index (χ2n) is 8.49. The number of aromatic hydroxyl groups is 1. The van der Waals surface area contributed by atoms with Gasteiger partial charge in [-0.1, -0.05) is 6.07 Å². The molecule has 0 aromatic heterocycles. The molecule has 1 heterocycles. The first-order valence-electron chi connectivity index (χ1n) is 10.4. The highest BCUT2D eigenvalue weighted by atomic mass is 19.2. The number of likely N-dealkylation sites (tertiary alicyclic amines) is 1. The van der Waals surface area contributed by atoms with Crippen LogP contribution in [0.5, 0.6) is 11.5 Å². The molecule has 2 amide bonds. The van der Waals surface area contributed by atoms with Crippen molar-refractivity contribution in [3.05, 3.63) is 53.6 Å².